The number of hydrogen-bond donors (Lipinski definition) is 0. The second-order valence-electron chi connectivity index (χ2n) is 4.80. The van der Waals surface area contributed by atoms with E-state index < -0.39 is 0 Å². The molecule has 0 unspecified atom stereocenters. The predicted molar refractivity (Wildman–Crippen MR) is 80.8 cm³/mol. The van der Waals surface area contributed by atoms with Gasteiger partial charge in [-0.15, -0.1) is 0 Å². The molecule has 2 nitrogen and oxygen atoms in total. The van der Waals surface area contributed by atoms with Gasteiger partial charge in [-0.1, -0.05) is 37.3 Å². The van der Waals surface area contributed by atoms with Crippen LogP contribution in [0.5, 0.6) is 0 Å². The van der Waals surface area contributed by atoms with E-state index in [0.717, 1.165) is 16.7 Å². The SMILES string of the molecule is CCC(=O)c1cccc(-c2ccc(N(C)C)cc2)c1. The first-order valence-electron chi connectivity index (χ1n) is 6.53. The third-order valence-electron chi connectivity index (χ3n) is 3.22. The molecule has 0 radical (unpaired) electrons. The lowest BCUT2D eigenvalue weighted by Crippen LogP contribution is -2.07. The van der Waals surface area contributed by atoms with Crippen LogP contribution in [0.3, 0.4) is 0 Å². The van der Waals surface area contributed by atoms with Gasteiger partial charge in [0.15, 0.2) is 5.78 Å². The third kappa shape index (κ3) is 3.02. The van der Waals surface area contributed by atoms with Crippen molar-refractivity contribution in [2.75, 3.05) is 19.0 Å². The molecule has 0 aliphatic rings. The minimum atomic E-state index is 0.187. The number of nitrogens with zero attached hydrogens (tertiary/aromatic N) is 1. The zero-order chi connectivity index (χ0) is 13.8. The highest BCUT2D eigenvalue weighted by atomic mass is 16.1. The van der Waals surface area contributed by atoms with E-state index in [4.69, 9.17) is 0 Å². The molecule has 19 heavy (non-hydrogen) atoms. The summed E-state index contributed by atoms with van der Waals surface area (Å²) in [7, 11) is 4.05. The van der Waals surface area contributed by atoms with E-state index in [1.54, 1.807) is 0 Å². The van der Waals surface area contributed by atoms with Crippen molar-refractivity contribution in [1.82, 2.24) is 0 Å². The van der Waals surface area contributed by atoms with Gasteiger partial charge in [-0.3, -0.25) is 4.79 Å². The molecular formula is C17H19NO. The molecule has 2 heteroatoms. The Bertz CT molecular complexity index is 570. The highest BCUT2D eigenvalue weighted by Crippen LogP contribution is 2.23. The van der Waals surface area contributed by atoms with E-state index in [1.807, 2.05) is 45.3 Å². The number of carbonyl (C=O) groups excluding carboxylic acids is 1. The Hall–Kier alpha value is -2.09. The molecule has 0 aliphatic carbocycles. The van der Waals surface area contributed by atoms with E-state index in [2.05, 4.69) is 29.2 Å². The molecule has 0 aliphatic heterocycles. The first-order chi connectivity index (χ1) is 9.11. The van der Waals surface area contributed by atoms with Gasteiger partial charge < -0.3 is 4.90 Å². The van der Waals surface area contributed by atoms with Gasteiger partial charge in [0, 0.05) is 31.8 Å². The standard InChI is InChI=1S/C17H19NO/c1-4-17(19)15-7-5-6-14(12-15)13-8-10-16(11-9-13)18(2)3/h5-12H,4H2,1-3H3. The molecule has 2 aromatic carbocycles. The van der Waals surface area contributed by atoms with Crippen LogP contribution in [-0.4, -0.2) is 19.9 Å². The monoisotopic (exact) mass is 253 g/mol. The quantitative estimate of drug-likeness (QED) is 0.767. The molecule has 0 atom stereocenters. The third-order valence-corrected chi connectivity index (χ3v) is 3.22. The minimum Gasteiger partial charge on any atom is -0.378 e. The minimum absolute atomic E-state index is 0.187. The molecule has 0 heterocycles. The summed E-state index contributed by atoms with van der Waals surface area (Å²) in [6, 6.07) is 16.2. The topological polar surface area (TPSA) is 20.3 Å². The number of benzene rings is 2. The fourth-order valence-corrected chi connectivity index (χ4v) is 2.03. The van der Waals surface area contributed by atoms with Crippen LogP contribution in [0.4, 0.5) is 5.69 Å². The molecule has 0 spiro atoms. The van der Waals surface area contributed by atoms with Crippen LogP contribution >= 0.6 is 0 Å². The number of Topliss-reactive ketones (excluding diaryl/α,β-unsaturated/α-hetero) is 1. The Morgan fingerprint density at radius 2 is 1.68 bits per heavy atom. The average Bonchev–Trinajstić information content (AvgIpc) is 2.46. The van der Waals surface area contributed by atoms with Gasteiger partial charge in [-0.2, -0.15) is 0 Å². The molecule has 2 rings (SSSR count). The van der Waals surface area contributed by atoms with Crippen LogP contribution in [0.1, 0.15) is 23.7 Å². The summed E-state index contributed by atoms with van der Waals surface area (Å²) in [5, 5.41) is 0. The highest BCUT2D eigenvalue weighted by Gasteiger charge is 2.05. The van der Waals surface area contributed by atoms with E-state index >= 15 is 0 Å². The molecule has 0 saturated carbocycles. The van der Waals surface area contributed by atoms with Crippen molar-refractivity contribution in [2.45, 2.75) is 13.3 Å². The molecule has 0 aromatic heterocycles. The summed E-state index contributed by atoms with van der Waals surface area (Å²) in [4.78, 5) is 13.8. The largest absolute Gasteiger partial charge is 0.378 e. The molecule has 98 valence electrons. The molecule has 2 aromatic rings. The summed E-state index contributed by atoms with van der Waals surface area (Å²) >= 11 is 0. The Morgan fingerprint density at radius 3 is 2.26 bits per heavy atom. The van der Waals surface area contributed by atoms with Gasteiger partial charge in [0.25, 0.3) is 0 Å². The molecule has 0 saturated heterocycles. The fraction of sp³-hybridized carbons (Fsp3) is 0.235. The van der Waals surface area contributed by atoms with Crippen LogP contribution in [0.25, 0.3) is 11.1 Å². The van der Waals surface area contributed by atoms with Gasteiger partial charge in [-0.05, 0) is 29.3 Å². The smallest absolute Gasteiger partial charge is 0.162 e. The van der Waals surface area contributed by atoms with Crippen molar-refractivity contribution in [3.05, 3.63) is 54.1 Å². The summed E-state index contributed by atoms with van der Waals surface area (Å²) in [6.45, 7) is 1.89. The van der Waals surface area contributed by atoms with E-state index in [1.165, 1.54) is 5.69 Å². The van der Waals surface area contributed by atoms with Gasteiger partial charge in [0.2, 0.25) is 0 Å². The summed E-state index contributed by atoms with van der Waals surface area (Å²) < 4.78 is 0. The molecular weight excluding hydrogens is 234 g/mol. The Balaban J connectivity index is 2.33. The normalized spacial score (nSPS) is 10.3. The maximum Gasteiger partial charge on any atom is 0.162 e. The van der Waals surface area contributed by atoms with Crippen molar-refractivity contribution >= 4 is 11.5 Å². The van der Waals surface area contributed by atoms with E-state index in [-0.39, 0.29) is 5.78 Å². The van der Waals surface area contributed by atoms with Crippen LogP contribution in [-0.2, 0) is 0 Å². The van der Waals surface area contributed by atoms with Crippen LogP contribution < -0.4 is 4.90 Å². The first kappa shape index (κ1) is 13.3. The van der Waals surface area contributed by atoms with Crippen molar-refractivity contribution < 1.29 is 4.79 Å². The number of rotatable bonds is 4. The van der Waals surface area contributed by atoms with Crippen molar-refractivity contribution in [1.29, 1.82) is 0 Å². The zero-order valence-electron chi connectivity index (χ0n) is 11.7. The van der Waals surface area contributed by atoms with Crippen LogP contribution in [0.15, 0.2) is 48.5 Å². The van der Waals surface area contributed by atoms with Crippen LogP contribution in [0, 0.1) is 0 Å². The summed E-state index contributed by atoms with van der Waals surface area (Å²) in [5.74, 6) is 0.187. The summed E-state index contributed by atoms with van der Waals surface area (Å²) in [5.41, 5.74) is 4.18. The van der Waals surface area contributed by atoms with Gasteiger partial charge in [-0.25, -0.2) is 0 Å². The van der Waals surface area contributed by atoms with Gasteiger partial charge in [0.1, 0.15) is 0 Å². The molecule has 0 bridgehead atoms. The maximum atomic E-state index is 11.7. The van der Waals surface area contributed by atoms with Gasteiger partial charge >= 0.3 is 0 Å². The number of anilines is 1. The first-order valence-corrected chi connectivity index (χ1v) is 6.53. The molecule has 0 fully saturated rings. The second-order valence-corrected chi connectivity index (χ2v) is 4.80. The maximum absolute atomic E-state index is 11.7. The molecule has 0 amide bonds. The van der Waals surface area contributed by atoms with Gasteiger partial charge in [0.05, 0.1) is 0 Å². The zero-order valence-corrected chi connectivity index (χ0v) is 11.7. The summed E-state index contributed by atoms with van der Waals surface area (Å²) in [6.07, 6.45) is 0.545. The molecule has 0 N–H and O–H groups in total. The lowest BCUT2D eigenvalue weighted by atomic mass is 10.0. The lowest BCUT2D eigenvalue weighted by Gasteiger charge is -2.13. The van der Waals surface area contributed by atoms with Crippen molar-refractivity contribution in [3.8, 4) is 11.1 Å². The lowest BCUT2D eigenvalue weighted by molar-refractivity contribution is 0.0988. The number of carbonyl (C=O) groups is 1. The van der Waals surface area contributed by atoms with E-state index in [9.17, 15) is 4.79 Å². The number of hydrogen-bond acceptors (Lipinski definition) is 2. The average molecular weight is 253 g/mol. The van der Waals surface area contributed by atoms with Crippen molar-refractivity contribution in [3.63, 3.8) is 0 Å². The predicted octanol–water partition coefficient (Wildman–Crippen LogP) is 4.01. The Kier molecular flexibility index (Phi) is 4.00. The van der Waals surface area contributed by atoms with Crippen molar-refractivity contribution in [2.24, 2.45) is 0 Å². The second kappa shape index (κ2) is 5.70. The fourth-order valence-electron chi connectivity index (χ4n) is 2.03. The van der Waals surface area contributed by atoms with Crippen LogP contribution in [0.2, 0.25) is 0 Å². The van der Waals surface area contributed by atoms with E-state index in [0.29, 0.717) is 6.42 Å². The number of ketones is 1. The highest BCUT2D eigenvalue weighted by molar-refractivity contribution is 5.97. The Labute approximate surface area is 114 Å². The Morgan fingerprint density at radius 1 is 1.00 bits per heavy atom.